The summed E-state index contributed by atoms with van der Waals surface area (Å²) < 4.78 is 1.65. The summed E-state index contributed by atoms with van der Waals surface area (Å²) in [6.07, 6.45) is 17.1. The van der Waals surface area contributed by atoms with Crippen molar-refractivity contribution in [3.8, 4) is 0 Å². The lowest BCUT2D eigenvalue weighted by atomic mass is 10.1. The van der Waals surface area contributed by atoms with Crippen LogP contribution in [0.1, 0.15) is 71.1 Å². The molecule has 0 bridgehead atoms. The molecule has 4 nitrogen and oxygen atoms in total. The van der Waals surface area contributed by atoms with Gasteiger partial charge in [0.2, 0.25) is 12.4 Å². The lowest BCUT2D eigenvalue weighted by Gasteiger charge is -2.00. The molecule has 0 spiro atoms. The van der Waals surface area contributed by atoms with Gasteiger partial charge in [-0.1, -0.05) is 70.8 Å². The molecule has 21 heavy (non-hydrogen) atoms. The van der Waals surface area contributed by atoms with Crippen LogP contribution in [0.15, 0.2) is 40.9 Å². The van der Waals surface area contributed by atoms with Gasteiger partial charge in [-0.2, -0.15) is 0 Å². The average Bonchev–Trinajstić information content (AvgIpc) is 2.53. The van der Waals surface area contributed by atoms with E-state index in [2.05, 4.69) is 22.2 Å². The van der Waals surface area contributed by atoms with Crippen LogP contribution in [0.25, 0.3) is 0 Å². The summed E-state index contributed by atoms with van der Waals surface area (Å²) in [7, 11) is 0. The Morgan fingerprint density at radius 2 is 1.33 bits per heavy atom. The Kier molecular flexibility index (Phi) is 11.2. The number of rotatable bonds is 12. The fourth-order valence-electron chi connectivity index (χ4n) is 2.24. The van der Waals surface area contributed by atoms with Crippen molar-refractivity contribution < 1.29 is 4.68 Å². The standard InChI is InChI=1S/C17H30N4/c1-2-3-4-5-6-7-8-9-10-12-15-18-19-20-21-16-13-11-14-17-21/h11,13-14,16-17H,2-10,12,15H2,1H3/q+2. The number of aromatic nitrogens is 1. The molecule has 0 aromatic carbocycles. The van der Waals surface area contributed by atoms with Crippen LogP contribution < -0.4 is 9.59 Å². The van der Waals surface area contributed by atoms with Gasteiger partial charge >= 0.3 is 5.22 Å². The van der Waals surface area contributed by atoms with Crippen LogP contribution in [0.3, 0.4) is 0 Å². The Hall–Kier alpha value is -1.54. The van der Waals surface area contributed by atoms with Crippen molar-refractivity contribution in [3.63, 3.8) is 0 Å². The van der Waals surface area contributed by atoms with Crippen LogP contribution in [0, 0.1) is 0 Å². The van der Waals surface area contributed by atoms with E-state index in [1.807, 2.05) is 30.6 Å². The highest BCUT2D eigenvalue weighted by Crippen LogP contribution is 2.10. The van der Waals surface area contributed by atoms with Gasteiger partial charge in [0.25, 0.3) is 4.91 Å². The largest absolute Gasteiger partial charge is 0.437 e. The zero-order valence-corrected chi connectivity index (χ0v) is 13.5. The van der Waals surface area contributed by atoms with Crippen LogP contribution in [-0.2, 0) is 0 Å². The van der Waals surface area contributed by atoms with E-state index < -0.39 is 0 Å². The maximum atomic E-state index is 4.07. The van der Waals surface area contributed by atoms with Crippen molar-refractivity contribution in [1.82, 2.24) is 4.91 Å². The molecule has 0 aliphatic heterocycles. The Bertz CT molecular complexity index is 397. The third kappa shape index (κ3) is 10.9. The number of hydrogen-bond donors (Lipinski definition) is 0. The summed E-state index contributed by atoms with van der Waals surface area (Å²) >= 11 is 0. The zero-order chi connectivity index (χ0) is 15.0. The first-order valence-electron chi connectivity index (χ1n) is 8.47. The predicted molar refractivity (Wildman–Crippen MR) is 85.7 cm³/mol. The normalized spacial score (nSPS) is 10.1. The van der Waals surface area contributed by atoms with Crippen LogP contribution in [-0.4, -0.2) is 6.54 Å². The highest BCUT2D eigenvalue weighted by Gasteiger charge is 1.99. The lowest BCUT2D eigenvalue weighted by molar-refractivity contribution is -0.687. The van der Waals surface area contributed by atoms with E-state index in [1.54, 1.807) is 4.68 Å². The molecule has 0 atom stereocenters. The molecule has 1 aromatic rings. The Morgan fingerprint density at radius 1 is 0.762 bits per heavy atom. The summed E-state index contributed by atoms with van der Waals surface area (Å²) in [5.41, 5.74) is 0. The van der Waals surface area contributed by atoms with Gasteiger partial charge in [0, 0.05) is 16.8 Å². The highest BCUT2D eigenvalue weighted by atomic mass is 15.5. The zero-order valence-electron chi connectivity index (χ0n) is 13.5. The SMILES string of the molecule is CCCCCCCCCCCCN=[N+]=N[n+]1ccccc1. The van der Waals surface area contributed by atoms with Crippen LogP contribution in [0.4, 0.5) is 0 Å². The van der Waals surface area contributed by atoms with E-state index in [1.165, 1.54) is 57.8 Å². The number of unbranched alkanes of at least 4 members (excludes halogenated alkanes) is 9. The molecular formula is C17H30N4+2. The summed E-state index contributed by atoms with van der Waals surface area (Å²) in [5, 5.41) is 8.04. The summed E-state index contributed by atoms with van der Waals surface area (Å²) in [5.74, 6) is 0. The van der Waals surface area contributed by atoms with E-state index in [0.717, 1.165) is 13.0 Å². The van der Waals surface area contributed by atoms with E-state index in [4.69, 9.17) is 0 Å². The van der Waals surface area contributed by atoms with Gasteiger partial charge in [-0.3, -0.25) is 0 Å². The van der Waals surface area contributed by atoms with E-state index in [9.17, 15) is 0 Å². The molecule has 116 valence electrons. The van der Waals surface area contributed by atoms with Crippen LogP contribution in [0.5, 0.6) is 0 Å². The first-order chi connectivity index (χ1) is 10.4. The van der Waals surface area contributed by atoms with Crippen molar-refractivity contribution >= 4 is 0 Å². The molecule has 0 amide bonds. The fraction of sp³-hybridized carbons (Fsp3) is 0.706. The van der Waals surface area contributed by atoms with Crippen molar-refractivity contribution in [1.29, 1.82) is 0 Å². The Balaban J connectivity index is 1.89. The van der Waals surface area contributed by atoms with E-state index in [0.29, 0.717) is 0 Å². The topological polar surface area (TPSA) is 42.7 Å². The minimum absolute atomic E-state index is 0.785. The Labute approximate surface area is 129 Å². The van der Waals surface area contributed by atoms with Gasteiger partial charge in [0.15, 0.2) is 0 Å². The van der Waals surface area contributed by atoms with Crippen molar-refractivity contribution in [2.75, 3.05) is 6.54 Å². The van der Waals surface area contributed by atoms with Crippen molar-refractivity contribution in [2.24, 2.45) is 10.3 Å². The van der Waals surface area contributed by atoms with Gasteiger partial charge < -0.3 is 0 Å². The minimum Gasteiger partial charge on any atom is -0.0654 e. The van der Waals surface area contributed by atoms with Crippen molar-refractivity contribution in [2.45, 2.75) is 71.1 Å². The predicted octanol–water partition coefficient (Wildman–Crippen LogP) is 4.63. The highest BCUT2D eigenvalue weighted by molar-refractivity contribution is 4.83. The van der Waals surface area contributed by atoms with Gasteiger partial charge in [0.1, 0.15) is 11.7 Å². The van der Waals surface area contributed by atoms with Gasteiger partial charge in [-0.25, -0.2) is 0 Å². The molecule has 0 unspecified atom stereocenters. The smallest absolute Gasteiger partial charge is 0.0654 e. The number of hydrogen-bond acceptors (Lipinski definition) is 2. The van der Waals surface area contributed by atoms with E-state index in [-0.39, 0.29) is 0 Å². The van der Waals surface area contributed by atoms with Crippen LogP contribution in [0.2, 0.25) is 0 Å². The molecule has 0 saturated heterocycles. The number of pyridine rings is 1. The molecule has 0 aliphatic rings. The maximum absolute atomic E-state index is 4.07. The third-order valence-corrected chi connectivity index (χ3v) is 3.52. The third-order valence-electron chi connectivity index (χ3n) is 3.52. The molecule has 0 aliphatic carbocycles. The Morgan fingerprint density at radius 3 is 1.95 bits per heavy atom. The van der Waals surface area contributed by atoms with E-state index >= 15 is 0 Å². The second kappa shape index (κ2) is 13.4. The summed E-state index contributed by atoms with van der Waals surface area (Å²) in [6.45, 7) is 3.05. The first-order valence-corrected chi connectivity index (χ1v) is 8.47. The molecule has 1 aromatic heterocycles. The average molecular weight is 290 g/mol. The van der Waals surface area contributed by atoms with Gasteiger partial charge in [-0.05, 0) is 6.42 Å². The van der Waals surface area contributed by atoms with Gasteiger partial charge in [0.05, 0.1) is 0 Å². The first kappa shape index (κ1) is 17.5. The molecule has 0 saturated carbocycles. The molecule has 4 heteroatoms. The van der Waals surface area contributed by atoms with Gasteiger partial charge in [-0.15, -0.1) is 0 Å². The molecular weight excluding hydrogens is 260 g/mol. The summed E-state index contributed by atoms with van der Waals surface area (Å²) in [6, 6.07) is 5.79. The molecule has 0 fully saturated rings. The maximum Gasteiger partial charge on any atom is 0.437 e. The monoisotopic (exact) mass is 290 g/mol. The molecule has 0 radical (unpaired) electrons. The number of nitrogens with zero attached hydrogens (tertiary/aromatic N) is 4. The van der Waals surface area contributed by atoms with Crippen LogP contribution >= 0.6 is 0 Å². The second-order valence-electron chi connectivity index (χ2n) is 5.48. The second-order valence-corrected chi connectivity index (χ2v) is 5.48. The fourth-order valence-corrected chi connectivity index (χ4v) is 2.24. The molecule has 0 N–H and O–H groups in total. The summed E-state index contributed by atoms with van der Waals surface area (Å²) in [4.78, 5) is 3.83. The van der Waals surface area contributed by atoms with Crippen molar-refractivity contribution in [3.05, 3.63) is 30.6 Å². The minimum atomic E-state index is 0.785. The molecule has 1 rings (SSSR count). The quantitative estimate of drug-likeness (QED) is 0.233. The molecule has 1 heterocycles. The lowest BCUT2D eigenvalue weighted by Crippen LogP contribution is -2.25.